The summed E-state index contributed by atoms with van der Waals surface area (Å²) >= 11 is 0. The molecule has 1 aromatic rings. The summed E-state index contributed by atoms with van der Waals surface area (Å²) in [7, 11) is 0. The molecule has 1 amide bonds. The van der Waals surface area contributed by atoms with Gasteiger partial charge in [-0.1, -0.05) is 17.9 Å². The number of nitrogens with zero attached hydrogens (tertiary/aromatic N) is 1. The molecule has 0 unspecified atom stereocenters. The van der Waals surface area contributed by atoms with Crippen molar-refractivity contribution in [1.82, 2.24) is 4.90 Å². The first kappa shape index (κ1) is 19.1. The number of terminal acetylenes is 2. The van der Waals surface area contributed by atoms with Crippen LogP contribution in [0.1, 0.15) is 12.5 Å². The topological polar surface area (TPSA) is 38.8 Å². The predicted octanol–water partition coefficient (Wildman–Crippen LogP) is 2.79. The number of hydrogen-bond acceptors (Lipinski definition) is 3. The van der Waals surface area contributed by atoms with Gasteiger partial charge in [0.25, 0.3) is 0 Å². The van der Waals surface area contributed by atoms with Gasteiger partial charge < -0.3 is 14.4 Å². The minimum Gasteiger partial charge on any atom is -0.490 e. The zero-order valence-corrected chi connectivity index (χ0v) is 13.2. The third kappa shape index (κ3) is 6.02. The lowest BCUT2D eigenvalue weighted by Crippen LogP contribution is -2.30. The summed E-state index contributed by atoms with van der Waals surface area (Å²) in [6, 6.07) is 4.37. The molecular weight excluding hydrogens is 316 g/mol. The highest BCUT2D eigenvalue weighted by Gasteiger charge is 2.11. The molecule has 0 aliphatic rings. The quantitative estimate of drug-likeness (QED) is 0.542. The fraction of sp³-hybridized carbons (Fsp3) is 0.278. The zero-order chi connectivity index (χ0) is 17.9. The smallest absolute Gasteiger partial charge is 0.387 e. The van der Waals surface area contributed by atoms with E-state index in [0.717, 1.165) is 0 Å². The van der Waals surface area contributed by atoms with Gasteiger partial charge in [-0.05, 0) is 30.7 Å². The van der Waals surface area contributed by atoms with Gasteiger partial charge >= 0.3 is 6.61 Å². The summed E-state index contributed by atoms with van der Waals surface area (Å²) < 4.78 is 34.4. The van der Waals surface area contributed by atoms with Gasteiger partial charge in [0.1, 0.15) is 0 Å². The lowest BCUT2D eigenvalue weighted by molar-refractivity contribution is -0.124. The van der Waals surface area contributed by atoms with Crippen molar-refractivity contribution < 1.29 is 23.0 Å². The molecule has 6 heteroatoms. The summed E-state index contributed by atoms with van der Waals surface area (Å²) in [5, 5.41) is 0. The van der Waals surface area contributed by atoms with Crippen LogP contribution in [-0.2, 0) is 4.79 Å². The number of rotatable bonds is 8. The summed E-state index contributed by atoms with van der Waals surface area (Å²) in [4.78, 5) is 13.3. The van der Waals surface area contributed by atoms with Crippen molar-refractivity contribution in [2.24, 2.45) is 0 Å². The minimum absolute atomic E-state index is 0.0726. The van der Waals surface area contributed by atoms with Gasteiger partial charge in [-0.15, -0.1) is 12.8 Å². The Morgan fingerprint density at radius 2 is 1.96 bits per heavy atom. The lowest BCUT2D eigenvalue weighted by Gasteiger charge is -2.14. The molecule has 1 rings (SSSR count). The van der Waals surface area contributed by atoms with Crippen molar-refractivity contribution >= 4 is 12.0 Å². The van der Waals surface area contributed by atoms with Crippen LogP contribution >= 0.6 is 0 Å². The van der Waals surface area contributed by atoms with Crippen LogP contribution in [0.3, 0.4) is 0 Å². The molecule has 0 aromatic heterocycles. The van der Waals surface area contributed by atoms with Crippen molar-refractivity contribution in [3.05, 3.63) is 29.8 Å². The number of amides is 1. The highest BCUT2D eigenvalue weighted by Crippen LogP contribution is 2.30. The van der Waals surface area contributed by atoms with E-state index in [1.165, 1.54) is 35.3 Å². The SMILES string of the molecule is C#CCN(CC#C)C(=O)C=Cc1ccc(OC(F)F)c(OCC)c1. The Morgan fingerprint density at radius 3 is 2.50 bits per heavy atom. The van der Waals surface area contributed by atoms with E-state index < -0.39 is 6.61 Å². The van der Waals surface area contributed by atoms with E-state index in [0.29, 0.717) is 5.56 Å². The molecule has 0 saturated carbocycles. The molecule has 126 valence electrons. The van der Waals surface area contributed by atoms with Gasteiger partial charge in [0.2, 0.25) is 5.91 Å². The monoisotopic (exact) mass is 333 g/mol. The second-order valence-corrected chi connectivity index (χ2v) is 4.45. The van der Waals surface area contributed by atoms with E-state index in [4.69, 9.17) is 17.6 Å². The number of carbonyl (C=O) groups excluding carboxylic acids is 1. The standard InChI is InChI=1S/C18H17F2NO3/c1-4-11-21(12-5-2)17(22)10-8-14-7-9-15(24-18(19)20)16(13-14)23-6-3/h1-2,7-10,13,18H,6,11-12H2,3H3. The van der Waals surface area contributed by atoms with E-state index in [2.05, 4.69) is 16.6 Å². The Labute approximate surface area is 140 Å². The summed E-state index contributed by atoms with van der Waals surface area (Å²) in [6.45, 7) is -0.759. The third-order valence-corrected chi connectivity index (χ3v) is 2.78. The van der Waals surface area contributed by atoms with E-state index in [9.17, 15) is 13.6 Å². The normalized spacial score (nSPS) is 10.2. The predicted molar refractivity (Wildman–Crippen MR) is 87.5 cm³/mol. The average molecular weight is 333 g/mol. The molecule has 0 aliphatic heterocycles. The highest BCUT2D eigenvalue weighted by atomic mass is 19.3. The third-order valence-electron chi connectivity index (χ3n) is 2.78. The van der Waals surface area contributed by atoms with Gasteiger partial charge in [0, 0.05) is 6.08 Å². The molecule has 1 aromatic carbocycles. The second kappa shape index (κ2) is 9.91. The van der Waals surface area contributed by atoms with Crippen molar-refractivity contribution in [2.75, 3.05) is 19.7 Å². The summed E-state index contributed by atoms with van der Waals surface area (Å²) in [6.07, 6.45) is 13.2. The van der Waals surface area contributed by atoms with Gasteiger partial charge in [-0.3, -0.25) is 4.79 Å². The maximum atomic E-state index is 12.4. The average Bonchev–Trinajstić information content (AvgIpc) is 2.54. The first-order chi connectivity index (χ1) is 11.5. The van der Waals surface area contributed by atoms with Crippen molar-refractivity contribution in [3.63, 3.8) is 0 Å². The van der Waals surface area contributed by atoms with Crippen LogP contribution < -0.4 is 9.47 Å². The first-order valence-electron chi connectivity index (χ1n) is 7.07. The number of ether oxygens (including phenoxy) is 2. The molecular formula is C18H17F2NO3. The molecule has 4 nitrogen and oxygen atoms in total. The van der Waals surface area contributed by atoms with Crippen LogP contribution in [0.5, 0.6) is 11.5 Å². The zero-order valence-electron chi connectivity index (χ0n) is 13.2. The second-order valence-electron chi connectivity index (χ2n) is 4.45. The molecule has 0 spiro atoms. The Bertz CT molecular complexity index is 656. The van der Waals surface area contributed by atoms with Crippen LogP contribution in [0.4, 0.5) is 8.78 Å². The highest BCUT2D eigenvalue weighted by molar-refractivity contribution is 5.92. The maximum Gasteiger partial charge on any atom is 0.387 e. The number of hydrogen-bond donors (Lipinski definition) is 0. The Morgan fingerprint density at radius 1 is 1.29 bits per heavy atom. The van der Waals surface area contributed by atoms with Crippen LogP contribution in [0.15, 0.2) is 24.3 Å². The van der Waals surface area contributed by atoms with Crippen molar-refractivity contribution in [3.8, 4) is 36.2 Å². The van der Waals surface area contributed by atoms with Gasteiger partial charge in [-0.2, -0.15) is 8.78 Å². The molecule has 0 atom stereocenters. The molecule has 0 fully saturated rings. The first-order valence-corrected chi connectivity index (χ1v) is 7.07. The maximum absolute atomic E-state index is 12.4. The Balaban J connectivity index is 2.94. The van der Waals surface area contributed by atoms with Crippen LogP contribution in [-0.4, -0.2) is 37.1 Å². The van der Waals surface area contributed by atoms with Gasteiger partial charge in [0.05, 0.1) is 19.7 Å². The number of benzene rings is 1. The molecule has 24 heavy (non-hydrogen) atoms. The molecule has 0 saturated heterocycles. The van der Waals surface area contributed by atoms with Gasteiger partial charge in [-0.25, -0.2) is 0 Å². The molecule has 0 aliphatic carbocycles. The number of alkyl halides is 2. The van der Waals surface area contributed by atoms with Crippen LogP contribution in [0, 0.1) is 24.7 Å². The van der Waals surface area contributed by atoms with Crippen molar-refractivity contribution in [2.45, 2.75) is 13.5 Å². The minimum atomic E-state index is -2.95. The van der Waals surface area contributed by atoms with Gasteiger partial charge in [0.15, 0.2) is 11.5 Å². The van der Waals surface area contributed by atoms with E-state index in [-0.39, 0.29) is 37.1 Å². The Kier molecular flexibility index (Phi) is 7.87. The fourth-order valence-corrected chi connectivity index (χ4v) is 1.80. The van der Waals surface area contributed by atoms with E-state index >= 15 is 0 Å². The number of carbonyl (C=O) groups is 1. The fourth-order valence-electron chi connectivity index (χ4n) is 1.80. The van der Waals surface area contributed by atoms with Crippen LogP contribution in [0.25, 0.3) is 6.08 Å². The number of halogens is 2. The molecule has 0 heterocycles. The summed E-state index contributed by atoms with van der Waals surface area (Å²) in [5.41, 5.74) is 0.579. The van der Waals surface area contributed by atoms with Crippen LogP contribution in [0.2, 0.25) is 0 Å². The molecule has 0 radical (unpaired) electrons. The molecule has 0 N–H and O–H groups in total. The summed E-state index contributed by atoms with van der Waals surface area (Å²) in [5.74, 6) is 4.44. The van der Waals surface area contributed by atoms with E-state index in [1.807, 2.05) is 0 Å². The van der Waals surface area contributed by atoms with E-state index in [1.54, 1.807) is 6.92 Å². The van der Waals surface area contributed by atoms with Crippen molar-refractivity contribution in [1.29, 1.82) is 0 Å². The Hall–Kier alpha value is -2.99. The lowest BCUT2D eigenvalue weighted by atomic mass is 10.2. The largest absolute Gasteiger partial charge is 0.490 e. The molecule has 0 bridgehead atoms.